The fourth-order valence-corrected chi connectivity index (χ4v) is 3.48. The van der Waals surface area contributed by atoms with Gasteiger partial charge >= 0.3 is 0 Å². The zero-order chi connectivity index (χ0) is 15.6. The van der Waals surface area contributed by atoms with Gasteiger partial charge in [-0.25, -0.2) is 5.43 Å². The molecule has 112 valence electrons. The number of halogens is 2. The summed E-state index contributed by atoms with van der Waals surface area (Å²) in [4.78, 5) is 4.46. The first-order valence-corrected chi connectivity index (χ1v) is 7.99. The Morgan fingerprint density at radius 3 is 2.57 bits per heavy atom. The summed E-state index contributed by atoms with van der Waals surface area (Å²) in [6.07, 6.45) is 1.75. The van der Waals surface area contributed by atoms with E-state index in [0.29, 0.717) is 0 Å². The van der Waals surface area contributed by atoms with Gasteiger partial charge in [-0.05, 0) is 62.9 Å². The standard InChI is InChI=1S/C15H17Br2N3O/c1-8-4-5-11(15(21-3)9(8)2)13(20-18)14-12(17)6-10(16)7-19-14/h4-7,13,20H,18H2,1-3H3. The van der Waals surface area contributed by atoms with Gasteiger partial charge in [0.15, 0.2) is 0 Å². The Morgan fingerprint density at radius 2 is 2.00 bits per heavy atom. The minimum Gasteiger partial charge on any atom is -0.496 e. The molecule has 0 spiro atoms. The summed E-state index contributed by atoms with van der Waals surface area (Å²) in [5.74, 6) is 6.61. The first-order valence-electron chi connectivity index (χ1n) is 6.40. The van der Waals surface area contributed by atoms with Gasteiger partial charge in [-0.1, -0.05) is 12.1 Å². The van der Waals surface area contributed by atoms with Crippen molar-refractivity contribution in [3.05, 3.63) is 55.7 Å². The van der Waals surface area contributed by atoms with Crippen LogP contribution in [0.25, 0.3) is 0 Å². The highest BCUT2D eigenvalue weighted by Gasteiger charge is 2.22. The lowest BCUT2D eigenvalue weighted by Gasteiger charge is -2.22. The van der Waals surface area contributed by atoms with E-state index < -0.39 is 0 Å². The van der Waals surface area contributed by atoms with Gasteiger partial charge in [0, 0.05) is 20.7 Å². The van der Waals surface area contributed by atoms with Crippen LogP contribution in [0.5, 0.6) is 5.75 Å². The van der Waals surface area contributed by atoms with Crippen molar-refractivity contribution in [2.75, 3.05) is 7.11 Å². The smallest absolute Gasteiger partial charge is 0.127 e. The number of aryl methyl sites for hydroxylation is 1. The number of aromatic nitrogens is 1. The number of nitrogens with zero attached hydrogens (tertiary/aromatic N) is 1. The van der Waals surface area contributed by atoms with Crippen molar-refractivity contribution in [3.8, 4) is 5.75 Å². The molecule has 2 rings (SSSR count). The van der Waals surface area contributed by atoms with Crippen molar-refractivity contribution >= 4 is 31.9 Å². The lowest BCUT2D eigenvalue weighted by Crippen LogP contribution is -2.30. The van der Waals surface area contributed by atoms with Gasteiger partial charge in [-0.2, -0.15) is 0 Å². The van der Waals surface area contributed by atoms with Gasteiger partial charge in [0.1, 0.15) is 5.75 Å². The van der Waals surface area contributed by atoms with Crippen molar-refractivity contribution in [2.45, 2.75) is 19.9 Å². The monoisotopic (exact) mass is 413 g/mol. The molecular weight excluding hydrogens is 398 g/mol. The lowest BCUT2D eigenvalue weighted by molar-refractivity contribution is 0.400. The number of benzene rings is 1. The Bertz CT molecular complexity index is 662. The molecule has 0 aliphatic rings. The molecule has 0 saturated carbocycles. The number of pyridine rings is 1. The highest BCUT2D eigenvalue weighted by atomic mass is 79.9. The lowest BCUT2D eigenvalue weighted by atomic mass is 9.97. The first kappa shape index (κ1) is 16.4. The zero-order valence-corrected chi connectivity index (χ0v) is 15.2. The summed E-state index contributed by atoms with van der Waals surface area (Å²) in [6, 6.07) is 5.76. The minimum absolute atomic E-state index is 0.262. The summed E-state index contributed by atoms with van der Waals surface area (Å²) >= 11 is 6.94. The van der Waals surface area contributed by atoms with E-state index in [0.717, 1.165) is 31.5 Å². The average molecular weight is 415 g/mol. The van der Waals surface area contributed by atoms with Crippen LogP contribution in [0, 0.1) is 13.8 Å². The molecule has 1 atom stereocenters. The molecule has 1 aromatic heterocycles. The molecule has 1 unspecified atom stereocenters. The largest absolute Gasteiger partial charge is 0.496 e. The van der Waals surface area contributed by atoms with E-state index in [1.165, 1.54) is 5.56 Å². The van der Waals surface area contributed by atoms with Crippen LogP contribution >= 0.6 is 31.9 Å². The number of ether oxygens (including phenoxy) is 1. The van der Waals surface area contributed by atoms with Gasteiger partial charge in [-0.3, -0.25) is 10.8 Å². The normalized spacial score (nSPS) is 12.3. The molecule has 0 amide bonds. The van der Waals surface area contributed by atoms with Crippen LogP contribution in [0.2, 0.25) is 0 Å². The molecule has 1 heterocycles. The second kappa shape index (κ2) is 6.87. The molecule has 0 radical (unpaired) electrons. The van der Waals surface area contributed by atoms with Crippen molar-refractivity contribution in [3.63, 3.8) is 0 Å². The number of hydrogen-bond acceptors (Lipinski definition) is 4. The summed E-state index contributed by atoms with van der Waals surface area (Å²) in [5.41, 5.74) is 6.87. The summed E-state index contributed by atoms with van der Waals surface area (Å²) < 4.78 is 7.36. The molecular formula is C15H17Br2N3O. The Hall–Kier alpha value is -0.950. The fourth-order valence-electron chi connectivity index (χ4n) is 2.26. The second-order valence-electron chi connectivity index (χ2n) is 4.75. The number of nitrogens with two attached hydrogens (primary N) is 1. The summed E-state index contributed by atoms with van der Waals surface area (Å²) in [7, 11) is 1.67. The van der Waals surface area contributed by atoms with Crippen LogP contribution in [-0.2, 0) is 0 Å². The highest BCUT2D eigenvalue weighted by Crippen LogP contribution is 2.35. The van der Waals surface area contributed by atoms with Crippen LogP contribution in [0.4, 0.5) is 0 Å². The third-order valence-electron chi connectivity index (χ3n) is 3.50. The Balaban J connectivity index is 2.59. The number of hydrazine groups is 1. The van der Waals surface area contributed by atoms with Crippen LogP contribution < -0.4 is 16.0 Å². The third kappa shape index (κ3) is 3.29. The maximum Gasteiger partial charge on any atom is 0.127 e. The quantitative estimate of drug-likeness (QED) is 0.590. The highest BCUT2D eigenvalue weighted by molar-refractivity contribution is 9.11. The second-order valence-corrected chi connectivity index (χ2v) is 6.52. The SMILES string of the molecule is COc1c(C(NN)c2ncc(Br)cc2Br)ccc(C)c1C. The number of hydrogen-bond donors (Lipinski definition) is 2. The van der Waals surface area contributed by atoms with Crippen LogP contribution in [0.1, 0.15) is 28.4 Å². The van der Waals surface area contributed by atoms with E-state index in [-0.39, 0.29) is 6.04 Å². The van der Waals surface area contributed by atoms with Gasteiger partial charge in [0.2, 0.25) is 0 Å². The van der Waals surface area contributed by atoms with Gasteiger partial charge < -0.3 is 4.74 Å². The minimum atomic E-state index is -0.262. The predicted molar refractivity (Wildman–Crippen MR) is 91.3 cm³/mol. The predicted octanol–water partition coefficient (Wildman–Crippen LogP) is 3.78. The van der Waals surface area contributed by atoms with E-state index in [4.69, 9.17) is 10.6 Å². The van der Waals surface area contributed by atoms with E-state index >= 15 is 0 Å². The molecule has 0 aliphatic carbocycles. The molecule has 0 fully saturated rings. The Labute approximate surface area is 141 Å². The topological polar surface area (TPSA) is 60.2 Å². The molecule has 2 aromatic rings. The van der Waals surface area contributed by atoms with Crippen molar-refractivity contribution in [2.24, 2.45) is 5.84 Å². The average Bonchev–Trinajstić information content (AvgIpc) is 2.45. The number of rotatable bonds is 4. The van der Waals surface area contributed by atoms with Gasteiger partial charge in [0.25, 0.3) is 0 Å². The first-order chi connectivity index (χ1) is 9.99. The van der Waals surface area contributed by atoms with Crippen molar-refractivity contribution in [1.29, 1.82) is 0 Å². The van der Waals surface area contributed by atoms with E-state index in [1.54, 1.807) is 13.3 Å². The van der Waals surface area contributed by atoms with E-state index in [9.17, 15) is 0 Å². The molecule has 0 aliphatic heterocycles. The number of nitrogens with one attached hydrogen (secondary N) is 1. The van der Waals surface area contributed by atoms with Crippen LogP contribution in [-0.4, -0.2) is 12.1 Å². The maximum atomic E-state index is 5.78. The third-order valence-corrected chi connectivity index (χ3v) is 4.57. The van der Waals surface area contributed by atoms with Crippen LogP contribution in [0.3, 0.4) is 0 Å². The summed E-state index contributed by atoms with van der Waals surface area (Å²) in [5, 5.41) is 0. The molecule has 4 nitrogen and oxygen atoms in total. The van der Waals surface area contributed by atoms with E-state index in [1.807, 2.05) is 19.1 Å². The zero-order valence-electron chi connectivity index (χ0n) is 12.1. The molecule has 3 N–H and O–H groups in total. The molecule has 0 bridgehead atoms. The van der Waals surface area contributed by atoms with Crippen LogP contribution in [0.15, 0.2) is 33.3 Å². The molecule has 1 aromatic carbocycles. The fraction of sp³-hybridized carbons (Fsp3) is 0.267. The molecule has 0 saturated heterocycles. The van der Waals surface area contributed by atoms with Gasteiger partial charge in [-0.15, -0.1) is 0 Å². The Kier molecular flexibility index (Phi) is 5.37. The maximum absolute atomic E-state index is 5.78. The molecule has 6 heteroatoms. The van der Waals surface area contributed by atoms with E-state index in [2.05, 4.69) is 55.3 Å². The molecule has 21 heavy (non-hydrogen) atoms. The summed E-state index contributed by atoms with van der Waals surface area (Å²) in [6.45, 7) is 4.09. The Morgan fingerprint density at radius 1 is 1.29 bits per heavy atom. The number of methoxy groups -OCH3 is 1. The van der Waals surface area contributed by atoms with Gasteiger partial charge in [0.05, 0.1) is 18.8 Å². The van der Waals surface area contributed by atoms with Crippen molar-refractivity contribution < 1.29 is 4.74 Å². The van der Waals surface area contributed by atoms with Crippen molar-refractivity contribution in [1.82, 2.24) is 10.4 Å².